The maximum Gasteiger partial charge on any atom is 0.264 e. The molecule has 8 nitrogen and oxygen atoms in total. The zero-order valence-electron chi connectivity index (χ0n) is 18.7. The summed E-state index contributed by atoms with van der Waals surface area (Å²) in [4.78, 5) is 3.41. The zero-order valence-corrected chi connectivity index (χ0v) is 20.4. The lowest BCUT2D eigenvalue weighted by Gasteiger charge is -2.09. The van der Waals surface area contributed by atoms with E-state index in [0.29, 0.717) is 16.7 Å². The Labute approximate surface area is 210 Å². The molecule has 5 rings (SSSR count). The van der Waals surface area contributed by atoms with E-state index in [-0.39, 0.29) is 17.3 Å². The van der Waals surface area contributed by atoms with E-state index in [1.54, 1.807) is 12.1 Å². The minimum absolute atomic E-state index is 0.161. The van der Waals surface area contributed by atoms with E-state index in [1.807, 2.05) is 0 Å². The third-order valence-corrected chi connectivity index (χ3v) is 8.11. The Bertz CT molecular complexity index is 1840. The van der Waals surface area contributed by atoms with Gasteiger partial charge in [0, 0.05) is 11.3 Å². The first kappa shape index (κ1) is 24.4. The van der Waals surface area contributed by atoms with Gasteiger partial charge in [0.2, 0.25) is 5.89 Å². The van der Waals surface area contributed by atoms with Crippen LogP contribution < -0.4 is 9.44 Å². The lowest BCUT2D eigenvalue weighted by molar-refractivity contribution is 0.568. The average Bonchev–Trinajstić information content (AvgIpc) is 3.28. The average molecular weight is 542 g/mol. The maximum absolute atomic E-state index is 14.0. The summed E-state index contributed by atoms with van der Waals surface area (Å²) in [6.45, 7) is 0. The number of fused-ring (bicyclic) bond motifs is 1. The number of aromatic nitrogens is 1. The Kier molecular flexibility index (Phi) is 6.13. The van der Waals surface area contributed by atoms with Crippen LogP contribution >= 0.6 is 0 Å². The van der Waals surface area contributed by atoms with Gasteiger partial charge in [-0.25, -0.2) is 30.6 Å². The monoisotopic (exact) mass is 541 g/mol. The number of hydrogen-bond acceptors (Lipinski definition) is 6. The zero-order chi connectivity index (χ0) is 26.2. The number of nitrogens with zero attached hydrogens (tertiary/aromatic N) is 1. The van der Waals surface area contributed by atoms with Crippen LogP contribution in [0.3, 0.4) is 0 Å². The number of benzene rings is 4. The number of oxazole rings is 1. The van der Waals surface area contributed by atoms with Crippen LogP contribution in [0, 0.1) is 11.6 Å². The molecule has 0 bridgehead atoms. The van der Waals surface area contributed by atoms with Gasteiger partial charge >= 0.3 is 0 Å². The first-order chi connectivity index (χ1) is 17.6. The molecule has 0 fully saturated rings. The van der Waals surface area contributed by atoms with Crippen LogP contribution in [0.4, 0.5) is 20.2 Å². The lowest BCUT2D eigenvalue weighted by Crippen LogP contribution is -2.14. The molecular weight excluding hydrogens is 524 g/mol. The van der Waals surface area contributed by atoms with Crippen LogP contribution in [-0.2, 0) is 20.0 Å². The van der Waals surface area contributed by atoms with Gasteiger partial charge in [-0.15, -0.1) is 0 Å². The van der Waals surface area contributed by atoms with Crippen LogP contribution in [0.5, 0.6) is 0 Å². The molecule has 0 aliphatic carbocycles. The minimum atomic E-state index is -4.16. The molecule has 0 aliphatic heterocycles. The van der Waals surface area contributed by atoms with Gasteiger partial charge in [0.1, 0.15) is 26.9 Å². The Hall–Kier alpha value is -4.29. The Balaban J connectivity index is 1.37. The van der Waals surface area contributed by atoms with E-state index in [9.17, 15) is 25.6 Å². The standard InChI is InChI=1S/C25H17F2N3O5S2/c26-19-5-1-3-7-23(19)36(31,32)29-17-11-9-16(10-12-17)25-28-21-15-18(13-14-22(21)35-25)30-37(33,34)24-8-4-2-6-20(24)27/h1-15,29-30H. The predicted molar refractivity (Wildman–Crippen MR) is 134 cm³/mol. The van der Waals surface area contributed by atoms with E-state index < -0.39 is 41.5 Å². The van der Waals surface area contributed by atoms with Crippen molar-refractivity contribution < 1.29 is 30.0 Å². The molecule has 0 atom stereocenters. The van der Waals surface area contributed by atoms with Gasteiger partial charge in [-0.2, -0.15) is 0 Å². The molecule has 0 unspecified atom stereocenters. The van der Waals surface area contributed by atoms with Gasteiger partial charge in [-0.1, -0.05) is 24.3 Å². The fourth-order valence-electron chi connectivity index (χ4n) is 3.54. The van der Waals surface area contributed by atoms with Crippen molar-refractivity contribution >= 4 is 42.5 Å². The van der Waals surface area contributed by atoms with Crippen molar-refractivity contribution in [3.63, 3.8) is 0 Å². The number of sulfonamides is 2. The van der Waals surface area contributed by atoms with E-state index in [0.717, 1.165) is 24.3 Å². The van der Waals surface area contributed by atoms with Gasteiger partial charge in [0.25, 0.3) is 20.0 Å². The number of nitrogens with one attached hydrogen (secondary N) is 2. The van der Waals surface area contributed by atoms with Crippen LogP contribution in [0.25, 0.3) is 22.6 Å². The maximum atomic E-state index is 14.0. The highest BCUT2D eigenvalue weighted by atomic mass is 32.2. The van der Waals surface area contributed by atoms with Crippen molar-refractivity contribution in [3.05, 3.63) is 103 Å². The second kappa shape index (κ2) is 9.30. The van der Waals surface area contributed by atoms with Crippen molar-refractivity contribution in [2.24, 2.45) is 0 Å². The topological polar surface area (TPSA) is 118 Å². The van der Waals surface area contributed by atoms with Gasteiger partial charge < -0.3 is 4.42 Å². The first-order valence-electron chi connectivity index (χ1n) is 10.7. The molecule has 2 N–H and O–H groups in total. The Morgan fingerprint density at radius 1 is 0.649 bits per heavy atom. The molecule has 1 heterocycles. The van der Waals surface area contributed by atoms with Gasteiger partial charge in [0.05, 0.1) is 5.69 Å². The van der Waals surface area contributed by atoms with E-state index in [4.69, 9.17) is 4.42 Å². The summed E-state index contributed by atoms with van der Waals surface area (Å²) in [6, 6.07) is 20.5. The second-order valence-corrected chi connectivity index (χ2v) is 11.2. The van der Waals surface area contributed by atoms with Crippen molar-refractivity contribution in [1.29, 1.82) is 0 Å². The molecule has 188 valence electrons. The van der Waals surface area contributed by atoms with Crippen molar-refractivity contribution in [2.45, 2.75) is 9.79 Å². The molecule has 0 saturated carbocycles. The minimum Gasteiger partial charge on any atom is -0.436 e. The fraction of sp³-hybridized carbons (Fsp3) is 0. The molecule has 0 amide bonds. The van der Waals surface area contributed by atoms with Crippen LogP contribution in [0.2, 0.25) is 0 Å². The number of anilines is 2. The summed E-state index contributed by atoms with van der Waals surface area (Å²) in [6.07, 6.45) is 0. The smallest absolute Gasteiger partial charge is 0.264 e. The second-order valence-electron chi connectivity index (χ2n) is 7.85. The SMILES string of the molecule is O=S(=O)(Nc1ccc(-c2nc3cc(NS(=O)(=O)c4ccccc4F)ccc3o2)cc1)c1ccccc1F. The van der Waals surface area contributed by atoms with Crippen LogP contribution in [0.15, 0.2) is 105 Å². The third kappa shape index (κ3) is 5.01. The molecule has 4 aromatic carbocycles. The summed E-state index contributed by atoms with van der Waals surface area (Å²) < 4.78 is 88.3. The summed E-state index contributed by atoms with van der Waals surface area (Å²) in [5.74, 6) is -1.54. The van der Waals surface area contributed by atoms with Crippen molar-refractivity contribution in [3.8, 4) is 11.5 Å². The predicted octanol–water partition coefficient (Wildman–Crippen LogP) is 5.37. The highest BCUT2D eigenvalue weighted by Crippen LogP contribution is 2.29. The summed E-state index contributed by atoms with van der Waals surface area (Å²) in [7, 11) is -8.29. The number of rotatable bonds is 7. The highest BCUT2D eigenvalue weighted by Gasteiger charge is 2.20. The number of halogens is 2. The molecule has 1 aromatic heterocycles. The van der Waals surface area contributed by atoms with Crippen molar-refractivity contribution in [2.75, 3.05) is 9.44 Å². The van der Waals surface area contributed by atoms with E-state index >= 15 is 0 Å². The third-order valence-electron chi connectivity index (χ3n) is 5.28. The number of hydrogen-bond donors (Lipinski definition) is 2. The fourth-order valence-corrected chi connectivity index (χ4v) is 5.81. The summed E-state index contributed by atoms with van der Waals surface area (Å²) in [5, 5.41) is 0. The van der Waals surface area contributed by atoms with Gasteiger partial charge in [0.15, 0.2) is 5.58 Å². The molecule has 0 radical (unpaired) electrons. The van der Waals surface area contributed by atoms with Crippen LogP contribution in [-0.4, -0.2) is 21.8 Å². The quantitative estimate of drug-likeness (QED) is 0.286. The van der Waals surface area contributed by atoms with Gasteiger partial charge in [-0.3, -0.25) is 9.44 Å². The first-order valence-corrected chi connectivity index (χ1v) is 13.6. The molecular formula is C25H17F2N3O5S2. The van der Waals surface area contributed by atoms with E-state index in [1.165, 1.54) is 54.6 Å². The molecule has 5 aromatic rings. The molecule has 0 saturated heterocycles. The lowest BCUT2D eigenvalue weighted by atomic mass is 10.2. The van der Waals surface area contributed by atoms with Gasteiger partial charge in [-0.05, 0) is 66.7 Å². The molecule has 0 spiro atoms. The molecule has 12 heteroatoms. The summed E-state index contributed by atoms with van der Waals surface area (Å²) in [5.41, 5.74) is 1.58. The van der Waals surface area contributed by atoms with Crippen LogP contribution in [0.1, 0.15) is 0 Å². The Morgan fingerprint density at radius 3 is 1.73 bits per heavy atom. The summed E-state index contributed by atoms with van der Waals surface area (Å²) >= 11 is 0. The van der Waals surface area contributed by atoms with E-state index in [2.05, 4.69) is 14.4 Å². The normalized spacial score (nSPS) is 11.9. The highest BCUT2D eigenvalue weighted by molar-refractivity contribution is 7.93. The molecule has 37 heavy (non-hydrogen) atoms. The Morgan fingerprint density at radius 2 is 1.16 bits per heavy atom. The molecule has 0 aliphatic rings. The van der Waals surface area contributed by atoms with Crippen molar-refractivity contribution in [1.82, 2.24) is 4.98 Å². The largest absolute Gasteiger partial charge is 0.436 e.